The van der Waals surface area contributed by atoms with E-state index in [0.717, 1.165) is 43.2 Å². The third-order valence-electron chi connectivity index (χ3n) is 4.52. The number of H-pyrrole nitrogens is 1. The van der Waals surface area contributed by atoms with Crippen LogP contribution in [0.1, 0.15) is 0 Å². The van der Waals surface area contributed by atoms with Crippen molar-refractivity contribution < 1.29 is 0 Å². The summed E-state index contributed by atoms with van der Waals surface area (Å²) in [6.45, 7) is 0. The van der Waals surface area contributed by atoms with Gasteiger partial charge in [-0.3, -0.25) is 0 Å². The molecule has 1 N–H and O–H groups in total. The van der Waals surface area contributed by atoms with E-state index in [4.69, 9.17) is 21.6 Å². The van der Waals surface area contributed by atoms with E-state index < -0.39 is 0 Å². The second-order valence-corrected chi connectivity index (χ2v) is 7.67. The predicted molar refractivity (Wildman–Crippen MR) is 115 cm³/mol. The van der Waals surface area contributed by atoms with Gasteiger partial charge in [-0.2, -0.15) is 0 Å². The molecule has 2 aromatic heterocycles. The van der Waals surface area contributed by atoms with Crippen LogP contribution < -0.4 is 0 Å². The quantitative estimate of drug-likeness (QED) is 0.330. The molecule has 0 aliphatic carbocycles. The van der Waals surface area contributed by atoms with Gasteiger partial charge >= 0.3 is 0 Å². The first kappa shape index (κ1) is 16.5. The van der Waals surface area contributed by atoms with Crippen molar-refractivity contribution in [1.29, 1.82) is 0 Å². The topological polar surface area (TPSA) is 41.6 Å². The Bertz CT molecular complexity index is 1280. The molecule has 2 heterocycles. The molecule has 0 saturated heterocycles. The van der Waals surface area contributed by atoms with Crippen molar-refractivity contribution in [2.75, 3.05) is 0 Å². The Balaban J connectivity index is 1.88. The number of rotatable bonds is 2. The van der Waals surface area contributed by atoms with E-state index in [0.29, 0.717) is 10.8 Å². The maximum absolute atomic E-state index is 6.26. The molecule has 27 heavy (non-hydrogen) atoms. The minimum absolute atomic E-state index is 0.642. The molecule has 0 fully saturated rings. The maximum Gasteiger partial charge on any atom is 0.160 e. The van der Waals surface area contributed by atoms with Gasteiger partial charge in [0, 0.05) is 31.5 Å². The molecule has 0 aliphatic heterocycles. The van der Waals surface area contributed by atoms with Gasteiger partial charge < -0.3 is 4.98 Å². The van der Waals surface area contributed by atoms with Crippen LogP contribution in [-0.2, 0) is 0 Å². The Morgan fingerprint density at radius 1 is 0.815 bits per heavy atom. The number of benzene rings is 3. The van der Waals surface area contributed by atoms with Gasteiger partial charge in [0.05, 0.1) is 11.2 Å². The lowest BCUT2D eigenvalue weighted by Crippen LogP contribution is -1.94. The molecule has 5 heteroatoms. The van der Waals surface area contributed by atoms with Gasteiger partial charge in [0.1, 0.15) is 5.52 Å². The smallest absolute Gasteiger partial charge is 0.160 e. The Hall–Kier alpha value is -2.69. The molecule has 0 saturated carbocycles. The molecule has 0 radical (unpaired) electrons. The van der Waals surface area contributed by atoms with Gasteiger partial charge in [-0.25, -0.2) is 9.97 Å². The van der Waals surface area contributed by atoms with Gasteiger partial charge in [0.15, 0.2) is 5.82 Å². The molecular weight excluding hydrogens is 422 g/mol. The van der Waals surface area contributed by atoms with Crippen LogP contribution in [0.4, 0.5) is 0 Å². The lowest BCUT2D eigenvalue weighted by molar-refractivity contribution is 1.23. The van der Waals surface area contributed by atoms with Crippen LogP contribution in [0.15, 0.2) is 77.3 Å². The zero-order valence-corrected chi connectivity index (χ0v) is 16.4. The molecule has 0 amide bonds. The summed E-state index contributed by atoms with van der Waals surface area (Å²) in [6, 6.07) is 24.1. The van der Waals surface area contributed by atoms with E-state index in [-0.39, 0.29) is 0 Å². The highest BCUT2D eigenvalue weighted by atomic mass is 79.9. The Kier molecular flexibility index (Phi) is 3.96. The van der Waals surface area contributed by atoms with Gasteiger partial charge in [0.2, 0.25) is 0 Å². The van der Waals surface area contributed by atoms with Crippen LogP contribution >= 0.6 is 27.5 Å². The van der Waals surface area contributed by atoms with Gasteiger partial charge in [-0.1, -0.05) is 76.1 Å². The lowest BCUT2D eigenvalue weighted by atomic mass is 10.1. The first-order chi connectivity index (χ1) is 13.2. The highest BCUT2D eigenvalue weighted by Gasteiger charge is 2.16. The van der Waals surface area contributed by atoms with Crippen molar-refractivity contribution >= 4 is 49.5 Å². The summed E-state index contributed by atoms with van der Waals surface area (Å²) < 4.78 is 0.897. The number of hydrogen-bond acceptors (Lipinski definition) is 2. The summed E-state index contributed by atoms with van der Waals surface area (Å²) in [6.07, 6.45) is 0. The minimum Gasteiger partial charge on any atom is -0.351 e. The standard InChI is InChI=1S/C22H13BrClN3/c23-15-10-14(11-16(24)12-15)22-26-19(13-6-2-1-3-7-13)21-20(27-22)17-8-4-5-9-18(17)25-21/h1-12,25H. The molecule has 5 rings (SSSR count). The van der Waals surface area contributed by atoms with Crippen LogP contribution in [0.3, 0.4) is 0 Å². The third-order valence-corrected chi connectivity index (χ3v) is 5.19. The van der Waals surface area contributed by atoms with Crippen molar-refractivity contribution in [2.24, 2.45) is 0 Å². The number of aromatic amines is 1. The number of nitrogens with zero attached hydrogens (tertiary/aromatic N) is 2. The summed E-state index contributed by atoms with van der Waals surface area (Å²) in [7, 11) is 0. The zero-order valence-electron chi connectivity index (χ0n) is 14.1. The fourth-order valence-corrected chi connectivity index (χ4v) is 4.18. The molecule has 5 aromatic rings. The van der Waals surface area contributed by atoms with Crippen molar-refractivity contribution in [3.63, 3.8) is 0 Å². The fourth-order valence-electron chi connectivity index (χ4n) is 3.32. The van der Waals surface area contributed by atoms with Crippen molar-refractivity contribution in [3.8, 4) is 22.6 Å². The van der Waals surface area contributed by atoms with E-state index in [1.54, 1.807) is 0 Å². The monoisotopic (exact) mass is 433 g/mol. The minimum atomic E-state index is 0.642. The predicted octanol–water partition coefficient (Wildman–Crippen LogP) is 6.86. The van der Waals surface area contributed by atoms with E-state index in [1.807, 2.05) is 48.5 Å². The van der Waals surface area contributed by atoms with Crippen molar-refractivity contribution in [1.82, 2.24) is 15.0 Å². The number of nitrogens with one attached hydrogen (secondary N) is 1. The van der Waals surface area contributed by atoms with Crippen LogP contribution in [0.2, 0.25) is 5.02 Å². The van der Waals surface area contributed by atoms with Gasteiger partial charge in [0.25, 0.3) is 0 Å². The van der Waals surface area contributed by atoms with E-state index >= 15 is 0 Å². The average molecular weight is 435 g/mol. The first-order valence-electron chi connectivity index (χ1n) is 8.49. The molecule has 0 aliphatic rings. The van der Waals surface area contributed by atoms with Gasteiger partial charge in [-0.05, 0) is 24.3 Å². The summed E-state index contributed by atoms with van der Waals surface area (Å²) in [5, 5.41) is 1.72. The maximum atomic E-state index is 6.26. The van der Waals surface area contributed by atoms with Gasteiger partial charge in [-0.15, -0.1) is 0 Å². The lowest BCUT2D eigenvalue weighted by Gasteiger charge is -2.08. The molecule has 0 bridgehead atoms. The normalized spacial score (nSPS) is 11.3. The second-order valence-electron chi connectivity index (χ2n) is 6.31. The molecule has 0 unspecified atom stereocenters. The van der Waals surface area contributed by atoms with Crippen molar-refractivity contribution in [3.05, 3.63) is 82.3 Å². The van der Waals surface area contributed by atoms with Crippen molar-refractivity contribution in [2.45, 2.75) is 0 Å². The Morgan fingerprint density at radius 3 is 2.41 bits per heavy atom. The number of aromatic nitrogens is 3. The molecule has 3 nitrogen and oxygen atoms in total. The average Bonchev–Trinajstić information content (AvgIpc) is 3.06. The Labute approximate surface area is 169 Å². The largest absolute Gasteiger partial charge is 0.351 e. The SMILES string of the molecule is Clc1cc(Br)cc(-c2nc(-c3ccccc3)c3[nH]c4ccccc4c3n2)c1. The molecular formula is C22H13BrClN3. The molecule has 0 atom stereocenters. The zero-order chi connectivity index (χ0) is 18.4. The first-order valence-corrected chi connectivity index (χ1v) is 9.66. The van der Waals surface area contributed by atoms with Crippen LogP contribution in [-0.4, -0.2) is 15.0 Å². The highest BCUT2D eigenvalue weighted by Crippen LogP contribution is 2.34. The highest BCUT2D eigenvalue weighted by molar-refractivity contribution is 9.10. The molecule has 3 aromatic carbocycles. The van der Waals surface area contributed by atoms with Crippen LogP contribution in [0.5, 0.6) is 0 Å². The summed E-state index contributed by atoms with van der Waals surface area (Å²) in [5.74, 6) is 0.648. The number of halogens is 2. The van der Waals surface area contributed by atoms with Crippen LogP contribution in [0.25, 0.3) is 44.6 Å². The van der Waals surface area contributed by atoms with E-state index in [9.17, 15) is 0 Å². The summed E-state index contributed by atoms with van der Waals surface area (Å²) in [5.41, 5.74) is 5.68. The number of para-hydroxylation sites is 1. The fraction of sp³-hybridized carbons (Fsp3) is 0. The molecule has 0 spiro atoms. The third kappa shape index (κ3) is 2.91. The number of fused-ring (bicyclic) bond motifs is 3. The Morgan fingerprint density at radius 2 is 1.59 bits per heavy atom. The second kappa shape index (κ2) is 6.48. The van der Waals surface area contributed by atoms with E-state index in [2.05, 4.69) is 45.2 Å². The summed E-state index contributed by atoms with van der Waals surface area (Å²) in [4.78, 5) is 13.3. The van der Waals surface area contributed by atoms with Crippen LogP contribution in [0, 0.1) is 0 Å². The number of hydrogen-bond donors (Lipinski definition) is 1. The van der Waals surface area contributed by atoms with E-state index in [1.165, 1.54) is 0 Å². The summed E-state index contributed by atoms with van der Waals surface area (Å²) >= 11 is 9.77. The molecule has 130 valence electrons.